The third-order valence-electron chi connectivity index (χ3n) is 3.76. The molecule has 8 nitrogen and oxygen atoms in total. The Balaban J connectivity index is 2.07. The minimum Gasteiger partial charge on any atom is -0.478 e. The van der Waals surface area contributed by atoms with Crippen molar-refractivity contribution in [2.24, 2.45) is 0 Å². The maximum absolute atomic E-state index is 13.4. The summed E-state index contributed by atoms with van der Waals surface area (Å²) in [5.41, 5.74) is -2.02. The molecule has 1 aliphatic heterocycles. The van der Waals surface area contributed by atoms with Crippen LogP contribution in [0.15, 0.2) is 24.5 Å². The molecule has 0 unspecified atom stereocenters. The molecule has 0 aliphatic carbocycles. The van der Waals surface area contributed by atoms with Gasteiger partial charge in [0.1, 0.15) is 11.1 Å². The van der Waals surface area contributed by atoms with E-state index >= 15 is 0 Å². The van der Waals surface area contributed by atoms with Gasteiger partial charge in [-0.15, -0.1) is 5.10 Å². The van der Waals surface area contributed by atoms with Crippen LogP contribution in [-0.2, 0) is 6.18 Å². The fourth-order valence-electron chi connectivity index (χ4n) is 2.76. The van der Waals surface area contributed by atoms with E-state index < -0.39 is 29.3 Å². The highest BCUT2D eigenvalue weighted by atomic mass is 19.4. The minimum absolute atomic E-state index is 0.00103. The first-order valence-corrected chi connectivity index (χ1v) is 6.77. The van der Waals surface area contributed by atoms with E-state index in [1.807, 2.05) is 0 Å². The topological polar surface area (TPSA) is 110 Å². The second-order valence-corrected chi connectivity index (χ2v) is 5.19. The lowest BCUT2D eigenvalue weighted by atomic mass is 10.1. The molecule has 25 heavy (non-hydrogen) atoms. The van der Waals surface area contributed by atoms with Crippen LogP contribution in [0.4, 0.5) is 18.9 Å². The quantitative estimate of drug-likeness (QED) is 0.733. The highest BCUT2D eigenvalue weighted by Gasteiger charge is 2.41. The van der Waals surface area contributed by atoms with Gasteiger partial charge in [-0.1, -0.05) is 0 Å². The number of nitrogens with zero attached hydrogens (tertiary/aromatic N) is 4. The zero-order valence-electron chi connectivity index (χ0n) is 12.0. The van der Waals surface area contributed by atoms with Crippen molar-refractivity contribution >= 4 is 28.5 Å². The number of carbonyl (C=O) groups excluding carboxylic acids is 1. The SMILES string of the molecule is O=C(O)c1cnn(-c2ccc3c4c(cnnc24)C(=O)N3)c1C(F)(F)F. The second kappa shape index (κ2) is 4.75. The molecule has 0 radical (unpaired) electrons. The smallest absolute Gasteiger partial charge is 0.434 e. The molecule has 3 heterocycles. The van der Waals surface area contributed by atoms with E-state index in [4.69, 9.17) is 5.11 Å². The second-order valence-electron chi connectivity index (χ2n) is 5.19. The highest BCUT2D eigenvalue weighted by Crippen LogP contribution is 2.38. The number of nitrogens with one attached hydrogen (secondary N) is 1. The summed E-state index contributed by atoms with van der Waals surface area (Å²) in [6.07, 6.45) is -3.14. The van der Waals surface area contributed by atoms with Crippen molar-refractivity contribution < 1.29 is 27.9 Å². The van der Waals surface area contributed by atoms with Crippen molar-refractivity contribution in [1.29, 1.82) is 0 Å². The number of anilines is 1. The third-order valence-corrected chi connectivity index (χ3v) is 3.76. The molecule has 0 bridgehead atoms. The molecule has 126 valence electrons. The van der Waals surface area contributed by atoms with Gasteiger partial charge in [-0.25, -0.2) is 9.48 Å². The van der Waals surface area contributed by atoms with E-state index in [0.717, 1.165) is 0 Å². The number of rotatable bonds is 2. The third kappa shape index (κ3) is 2.05. The molecule has 1 amide bonds. The number of hydrogen-bond acceptors (Lipinski definition) is 5. The Hall–Kier alpha value is -3.50. The highest BCUT2D eigenvalue weighted by molar-refractivity contribution is 6.23. The summed E-state index contributed by atoms with van der Waals surface area (Å²) in [4.78, 5) is 23.0. The number of carboxylic acid groups (broad SMARTS) is 1. The van der Waals surface area contributed by atoms with Gasteiger partial charge in [0, 0.05) is 5.39 Å². The van der Waals surface area contributed by atoms with Crippen LogP contribution in [0.1, 0.15) is 26.4 Å². The molecule has 4 rings (SSSR count). The molecule has 3 aromatic rings. The lowest BCUT2D eigenvalue weighted by Crippen LogP contribution is -2.17. The maximum atomic E-state index is 13.4. The molecule has 1 aliphatic rings. The summed E-state index contributed by atoms with van der Waals surface area (Å²) in [7, 11) is 0. The largest absolute Gasteiger partial charge is 0.478 e. The lowest BCUT2D eigenvalue weighted by molar-refractivity contribution is -0.143. The molecule has 0 atom stereocenters. The van der Waals surface area contributed by atoms with E-state index in [9.17, 15) is 22.8 Å². The number of amides is 1. The maximum Gasteiger partial charge on any atom is 0.434 e. The van der Waals surface area contributed by atoms with Crippen LogP contribution in [0, 0.1) is 0 Å². The van der Waals surface area contributed by atoms with Crippen LogP contribution in [0.5, 0.6) is 0 Å². The Bertz CT molecular complexity index is 1070. The monoisotopic (exact) mass is 349 g/mol. The molecule has 0 spiro atoms. The predicted molar refractivity (Wildman–Crippen MR) is 76.6 cm³/mol. The standard InChI is InChI=1S/C14H6F3N5O3/c15-14(16,17)11-6(13(24)25)4-19-22(11)8-2-1-7-9-5(12(23)20-7)3-18-21-10(8)9/h1-4H,(H,20,23)(H,24,25). The summed E-state index contributed by atoms with van der Waals surface area (Å²) in [6, 6.07) is 2.66. The summed E-state index contributed by atoms with van der Waals surface area (Å²) in [6.45, 7) is 0. The van der Waals surface area contributed by atoms with E-state index in [0.29, 0.717) is 22.0 Å². The molecule has 0 saturated carbocycles. The number of benzene rings is 1. The van der Waals surface area contributed by atoms with Crippen molar-refractivity contribution in [2.45, 2.75) is 6.18 Å². The van der Waals surface area contributed by atoms with E-state index in [1.165, 1.54) is 18.3 Å². The van der Waals surface area contributed by atoms with Gasteiger partial charge < -0.3 is 10.4 Å². The molecule has 2 aromatic heterocycles. The normalized spacial score (nSPS) is 13.3. The summed E-state index contributed by atoms with van der Waals surface area (Å²) >= 11 is 0. The van der Waals surface area contributed by atoms with Crippen LogP contribution in [0.25, 0.3) is 16.6 Å². The zero-order valence-corrected chi connectivity index (χ0v) is 12.0. The van der Waals surface area contributed by atoms with Crippen LogP contribution in [-0.4, -0.2) is 37.0 Å². The Morgan fingerprint density at radius 2 is 2.00 bits per heavy atom. The van der Waals surface area contributed by atoms with Crippen molar-refractivity contribution in [1.82, 2.24) is 20.0 Å². The molecule has 11 heteroatoms. The van der Waals surface area contributed by atoms with Crippen LogP contribution in [0.3, 0.4) is 0 Å². The fraction of sp³-hybridized carbons (Fsp3) is 0.0714. The van der Waals surface area contributed by atoms with Gasteiger partial charge in [0.05, 0.1) is 29.3 Å². The minimum atomic E-state index is -4.96. The first-order chi connectivity index (χ1) is 11.8. The number of carboxylic acids is 1. The van der Waals surface area contributed by atoms with Crippen molar-refractivity contribution in [2.75, 3.05) is 5.32 Å². The number of carbonyl (C=O) groups is 2. The molecule has 1 aromatic carbocycles. The zero-order chi connectivity index (χ0) is 17.9. The molecular formula is C14H6F3N5O3. The summed E-state index contributed by atoms with van der Waals surface area (Å²) < 4.78 is 40.6. The van der Waals surface area contributed by atoms with Gasteiger partial charge in [0.2, 0.25) is 0 Å². The number of halogens is 3. The average Bonchev–Trinajstić information content (AvgIpc) is 3.11. The Morgan fingerprint density at radius 3 is 2.68 bits per heavy atom. The van der Waals surface area contributed by atoms with Gasteiger partial charge in [0.15, 0.2) is 5.69 Å². The molecule has 0 fully saturated rings. The Morgan fingerprint density at radius 1 is 1.24 bits per heavy atom. The lowest BCUT2D eigenvalue weighted by Gasteiger charge is -2.13. The Labute approximate surface area is 135 Å². The van der Waals surface area contributed by atoms with Crippen LogP contribution < -0.4 is 5.32 Å². The number of hydrogen-bond donors (Lipinski definition) is 2. The van der Waals surface area contributed by atoms with Gasteiger partial charge in [-0.2, -0.15) is 23.4 Å². The van der Waals surface area contributed by atoms with Gasteiger partial charge in [0.25, 0.3) is 5.91 Å². The van der Waals surface area contributed by atoms with E-state index in [-0.39, 0.29) is 16.8 Å². The Kier molecular flexibility index (Phi) is 2.86. The van der Waals surface area contributed by atoms with E-state index in [1.54, 1.807) is 0 Å². The van der Waals surface area contributed by atoms with Gasteiger partial charge in [-0.3, -0.25) is 4.79 Å². The van der Waals surface area contributed by atoms with Crippen molar-refractivity contribution in [3.8, 4) is 5.69 Å². The first-order valence-electron chi connectivity index (χ1n) is 6.77. The van der Waals surface area contributed by atoms with Crippen molar-refractivity contribution in [3.05, 3.63) is 41.3 Å². The summed E-state index contributed by atoms with van der Waals surface area (Å²) in [5.74, 6) is -2.21. The summed E-state index contributed by atoms with van der Waals surface area (Å²) in [5, 5.41) is 22.9. The molecule has 0 saturated heterocycles. The number of aromatic nitrogens is 4. The number of alkyl halides is 3. The molecule has 2 N–H and O–H groups in total. The van der Waals surface area contributed by atoms with Crippen LogP contribution >= 0.6 is 0 Å². The number of aromatic carboxylic acids is 1. The average molecular weight is 349 g/mol. The van der Waals surface area contributed by atoms with Crippen LogP contribution in [0.2, 0.25) is 0 Å². The predicted octanol–water partition coefficient (Wildman–Crippen LogP) is 2.10. The van der Waals surface area contributed by atoms with Gasteiger partial charge in [-0.05, 0) is 12.1 Å². The fourth-order valence-corrected chi connectivity index (χ4v) is 2.76. The molecular weight excluding hydrogens is 343 g/mol. The van der Waals surface area contributed by atoms with E-state index in [2.05, 4.69) is 20.6 Å². The van der Waals surface area contributed by atoms with Gasteiger partial charge >= 0.3 is 12.1 Å². The first kappa shape index (κ1) is 15.1. The van der Waals surface area contributed by atoms with Crippen molar-refractivity contribution in [3.63, 3.8) is 0 Å².